The predicted molar refractivity (Wildman–Crippen MR) is 97.4 cm³/mol. The van der Waals surface area contributed by atoms with Gasteiger partial charge in [0.05, 0.1) is 25.5 Å². The van der Waals surface area contributed by atoms with Gasteiger partial charge in [0.2, 0.25) is 10.0 Å². The van der Waals surface area contributed by atoms with Crippen molar-refractivity contribution in [3.8, 4) is 11.5 Å². The Kier molecular flexibility index (Phi) is 5.32. The third kappa shape index (κ3) is 4.22. The molecule has 0 aliphatic carbocycles. The molecule has 1 aliphatic heterocycles. The van der Waals surface area contributed by atoms with Gasteiger partial charge in [0, 0.05) is 11.8 Å². The van der Waals surface area contributed by atoms with E-state index < -0.39 is 33.8 Å². The van der Waals surface area contributed by atoms with Gasteiger partial charge in [0.15, 0.2) is 17.7 Å². The molecule has 0 aromatic heterocycles. The van der Waals surface area contributed by atoms with Crippen LogP contribution in [-0.4, -0.2) is 34.7 Å². The number of sulfonamides is 1. The Bertz CT molecular complexity index is 1060. The molecular formula is C17H16F3N3O5S. The average Bonchev–Trinajstić information content (AvgIpc) is 2.66. The van der Waals surface area contributed by atoms with Gasteiger partial charge in [-0.15, -0.1) is 0 Å². The zero-order chi connectivity index (χ0) is 21.4. The molecule has 1 aliphatic rings. The summed E-state index contributed by atoms with van der Waals surface area (Å²) >= 11 is 0. The standard InChI is InChI=1S/C17H16F3N3O5S/c1-27-12-5-4-10(8-13(12)28-2)21-16(24)15-22-11-7-9(17(18,19)20)3-6-14(11)29(25,26)23-15/h3-8,15,22-23H,1-2H3,(H,21,24). The summed E-state index contributed by atoms with van der Waals surface area (Å²) in [5.41, 5.74) is -1.10. The predicted octanol–water partition coefficient (Wildman–Crippen LogP) is 2.39. The maximum Gasteiger partial charge on any atom is 0.416 e. The minimum atomic E-state index is -4.66. The third-order valence-corrected chi connectivity index (χ3v) is 5.56. The molecule has 1 amide bonds. The summed E-state index contributed by atoms with van der Waals surface area (Å²) in [4.78, 5) is 12.1. The Labute approximate surface area is 164 Å². The fourth-order valence-electron chi connectivity index (χ4n) is 2.70. The van der Waals surface area contributed by atoms with Crippen molar-refractivity contribution in [1.29, 1.82) is 0 Å². The third-order valence-electron chi connectivity index (χ3n) is 4.08. The van der Waals surface area contributed by atoms with Crippen LogP contribution >= 0.6 is 0 Å². The SMILES string of the molecule is COc1ccc(NC(=O)C2Nc3cc(C(F)(F)F)ccc3S(=O)(=O)N2)cc1OC. The van der Waals surface area contributed by atoms with E-state index in [-0.39, 0.29) is 16.3 Å². The number of nitrogens with one attached hydrogen (secondary N) is 3. The Hall–Kier alpha value is -2.99. The number of amides is 1. The highest BCUT2D eigenvalue weighted by Crippen LogP contribution is 2.35. The Morgan fingerprint density at radius 2 is 1.76 bits per heavy atom. The number of anilines is 2. The maximum absolute atomic E-state index is 12.9. The van der Waals surface area contributed by atoms with Crippen LogP contribution in [-0.2, 0) is 21.0 Å². The van der Waals surface area contributed by atoms with E-state index in [1.165, 1.54) is 32.4 Å². The second-order valence-electron chi connectivity index (χ2n) is 5.97. The maximum atomic E-state index is 12.9. The molecule has 0 spiro atoms. The monoisotopic (exact) mass is 431 g/mol. The van der Waals surface area contributed by atoms with E-state index in [1.54, 1.807) is 0 Å². The lowest BCUT2D eigenvalue weighted by molar-refractivity contribution is -0.137. The Morgan fingerprint density at radius 3 is 2.38 bits per heavy atom. The molecule has 1 heterocycles. The quantitative estimate of drug-likeness (QED) is 0.687. The van der Waals surface area contributed by atoms with Crippen LogP contribution in [0.5, 0.6) is 11.5 Å². The van der Waals surface area contributed by atoms with Crippen molar-refractivity contribution >= 4 is 27.3 Å². The van der Waals surface area contributed by atoms with Crippen LogP contribution in [0.4, 0.5) is 24.5 Å². The van der Waals surface area contributed by atoms with E-state index in [2.05, 4.69) is 15.4 Å². The van der Waals surface area contributed by atoms with Gasteiger partial charge in [0.25, 0.3) is 5.91 Å². The lowest BCUT2D eigenvalue weighted by Crippen LogP contribution is -2.51. The number of carbonyl (C=O) groups excluding carboxylic acids is 1. The lowest BCUT2D eigenvalue weighted by atomic mass is 10.2. The largest absolute Gasteiger partial charge is 0.493 e. The second kappa shape index (κ2) is 7.44. The van der Waals surface area contributed by atoms with Crippen LogP contribution in [0.25, 0.3) is 0 Å². The molecule has 1 unspecified atom stereocenters. The molecule has 0 bridgehead atoms. The van der Waals surface area contributed by atoms with Crippen LogP contribution < -0.4 is 24.8 Å². The van der Waals surface area contributed by atoms with Crippen molar-refractivity contribution in [3.05, 3.63) is 42.0 Å². The first-order valence-corrected chi connectivity index (χ1v) is 9.56. The summed E-state index contributed by atoms with van der Waals surface area (Å²) in [5, 5.41) is 4.94. The normalized spacial score (nSPS) is 17.6. The summed E-state index contributed by atoms with van der Waals surface area (Å²) in [6.45, 7) is 0. The molecule has 0 saturated carbocycles. The fraction of sp³-hybridized carbons (Fsp3) is 0.235. The van der Waals surface area contributed by atoms with E-state index in [4.69, 9.17) is 9.47 Å². The van der Waals surface area contributed by atoms with Crippen molar-refractivity contribution < 1.29 is 35.9 Å². The van der Waals surface area contributed by atoms with Crippen LogP contribution in [0, 0.1) is 0 Å². The zero-order valence-electron chi connectivity index (χ0n) is 15.1. The zero-order valence-corrected chi connectivity index (χ0v) is 15.9. The number of fused-ring (bicyclic) bond motifs is 1. The van der Waals surface area contributed by atoms with Crippen molar-refractivity contribution in [1.82, 2.24) is 4.72 Å². The topological polar surface area (TPSA) is 106 Å². The van der Waals surface area contributed by atoms with Crippen molar-refractivity contribution in [3.63, 3.8) is 0 Å². The average molecular weight is 431 g/mol. The van der Waals surface area contributed by atoms with E-state index in [0.717, 1.165) is 6.07 Å². The van der Waals surface area contributed by atoms with Crippen molar-refractivity contribution in [2.75, 3.05) is 24.9 Å². The Balaban J connectivity index is 1.87. The molecule has 0 saturated heterocycles. The highest BCUT2D eigenvalue weighted by atomic mass is 32.2. The molecule has 8 nitrogen and oxygen atoms in total. The number of hydrogen-bond donors (Lipinski definition) is 3. The second-order valence-corrected chi connectivity index (χ2v) is 7.65. The van der Waals surface area contributed by atoms with E-state index in [0.29, 0.717) is 23.6 Å². The number of rotatable bonds is 4. The van der Waals surface area contributed by atoms with E-state index >= 15 is 0 Å². The van der Waals surface area contributed by atoms with Gasteiger partial charge in [-0.05, 0) is 30.3 Å². The number of benzene rings is 2. The van der Waals surface area contributed by atoms with E-state index in [9.17, 15) is 26.4 Å². The first kappa shape index (κ1) is 20.7. The Morgan fingerprint density at radius 1 is 1.07 bits per heavy atom. The summed E-state index contributed by atoms with van der Waals surface area (Å²) in [7, 11) is -1.37. The molecule has 156 valence electrons. The van der Waals surface area contributed by atoms with Crippen molar-refractivity contribution in [2.45, 2.75) is 17.2 Å². The van der Waals surface area contributed by atoms with Gasteiger partial charge in [-0.25, -0.2) is 8.42 Å². The van der Waals surface area contributed by atoms with Crippen LogP contribution in [0.2, 0.25) is 0 Å². The van der Waals surface area contributed by atoms with Gasteiger partial charge in [0.1, 0.15) is 4.90 Å². The van der Waals surface area contributed by atoms with Crippen molar-refractivity contribution in [2.24, 2.45) is 0 Å². The van der Waals surface area contributed by atoms with Gasteiger partial charge in [-0.3, -0.25) is 4.79 Å². The van der Waals surface area contributed by atoms with Gasteiger partial charge in [-0.1, -0.05) is 0 Å². The number of ether oxygens (including phenoxy) is 2. The van der Waals surface area contributed by atoms with E-state index in [1.807, 2.05) is 0 Å². The number of halogens is 3. The van der Waals surface area contributed by atoms with Crippen LogP contribution in [0.3, 0.4) is 0 Å². The molecule has 1 atom stereocenters. The van der Waals surface area contributed by atoms with Gasteiger partial charge < -0.3 is 20.1 Å². The highest BCUT2D eigenvalue weighted by Gasteiger charge is 2.37. The summed E-state index contributed by atoms with van der Waals surface area (Å²) < 4.78 is 75.8. The lowest BCUT2D eigenvalue weighted by Gasteiger charge is -2.27. The minimum absolute atomic E-state index is 0.267. The first-order chi connectivity index (χ1) is 13.5. The molecule has 2 aromatic carbocycles. The van der Waals surface area contributed by atoms with Gasteiger partial charge >= 0.3 is 6.18 Å². The smallest absolute Gasteiger partial charge is 0.416 e. The molecule has 12 heteroatoms. The fourth-order valence-corrected chi connectivity index (χ4v) is 3.96. The minimum Gasteiger partial charge on any atom is -0.493 e. The molecule has 29 heavy (non-hydrogen) atoms. The molecule has 0 fully saturated rings. The molecule has 0 radical (unpaired) electrons. The first-order valence-electron chi connectivity index (χ1n) is 8.08. The summed E-state index contributed by atoms with van der Waals surface area (Å²) in [6.07, 6.45) is -6.19. The van der Waals surface area contributed by atoms with Crippen LogP contribution in [0.1, 0.15) is 5.56 Å². The van der Waals surface area contributed by atoms with Crippen LogP contribution in [0.15, 0.2) is 41.3 Å². The number of hydrogen-bond acceptors (Lipinski definition) is 6. The highest BCUT2D eigenvalue weighted by molar-refractivity contribution is 7.89. The number of methoxy groups -OCH3 is 2. The van der Waals surface area contributed by atoms with Gasteiger partial charge in [-0.2, -0.15) is 17.9 Å². The molecule has 2 aromatic rings. The summed E-state index contributed by atoms with van der Waals surface area (Å²) in [6, 6.07) is 6.60. The number of carbonyl (C=O) groups is 1. The summed E-state index contributed by atoms with van der Waals surface area (Å²) in [5.74, 6) is -0.0953. The molecule has 3 N–H and O–H groups in total. The molecular weight excluding hydrogens is 415 g/mol. The number of alkyl halides is 3. The molecule has 3 rings (SSSR count).